The monoisotopic (exact) mass is 192 g/mol. The zero-order valence-electron chi connectivity index (χ0n) is 8.97. The summed E-state index contributed by atoms with van der Waals surface area (Å²) < 4.78 is 0. The predicted molar refractivity (Wildman–Crippen MR) is 56.9 cm³/mol. The summed E-state index contributed by atoms with van der Waals surface area (Å²) in [5.74, 6) is 0. The van der Waals surface area contributed by atoms with Crippen molar-refractivity contribution in [1.82, 2.24) is 4.90 Å². The van der Waals surface area contributed by atoms with Crippen molar-refractivity contribution in [1.29, 1.82) is 5.26 Å². The molecule has 2 fully saturated rings. The highest BCUT2D eigenvalue weighted by atomic mass is 15.2. The molecule has 0 radical (unpaired) electrons. The number of nitriles is 1. The minimum absolute atomic E-state index is 0.281. The average Bonchev–Trinajstić information content (AvgIpc) is 2.73. The van der Waals surface area contributed by atoms with Gasteiger partial charge in [-0.15, -0.1) is 0 Å². The van der Waals surface area contributed by atoms with Crippen molar-refractivity contribution in [3.05, 3.63) is 0 Å². The lowest BCUT2D eigenvalue weighted by Gasteiger charge is -2.43. The molecule has 1 aliphatic heterocycles. The Kier molecular flexibility index (Phi) is 3.08. The summed E-state index contributed by atoms with van der Waals surface area (Å²) in [5.41, 5.74) is 0.281. The SMILES string of the molecule is N#CCC1(N2CCCC2)CCCCC1. The maximum absolute atomic E-state index is 8.97. The lowest BCUT2D eigenvalue weighted by Crippen LogP contribution is -2.48. The van der Waals surface area contributed by atoms with Crippen LogP contribution in [0.15, 0.2) is 0 Å². The first-order valence-corrected chi connectivity index (χ1v) is 5.99. The summed E-state index contributed by atoms with van der Waals surface area (Å²) >= 11 is 0. The van der Waals surface area contributed by atoms with Crippen molar-refractivity contribution >= 4 is 0 Å². The predicted octanol–water partition coefficient (Wildman–Crippen LogP) is 2.70. The molecule has 2 aliphatic rings. The van der Waals surface area contributed by atoms with Gasteiger partial charge in [-0.05, 0) is 38.8 Å². The van der Waals surface area contributed by atoms with E-state index < -0.39 is 0 Å². The average molecular weight is 192 g/mol. The van der Waals surface area contributed by atoms with Gasteiger partial charge in [0.05, 0.1) is 12.5 Å². The van der Waals surface area contributed by atoms with E-state index in [9.17, 15) is 0 Å². The van der Waals surface area contributed by atoms with E-state index in [0.29, 0.717) is 0 Å². The number of hydrogen-bond acceptors (Lipinski definition) is 2. The topological polar surface area (TPSA) is 27.0 Å². The minimum Gasteiger partial charge on any atom is -0.297 e. The second-order valence-electron chi connectivity index (χ2n) is 4.81. The lowest BCUT2D eigenvalue weighted by molar-refractivity contribution is 0.0771. The Morgan fingerprint density at radius 2 is 1.64 bits per heavy atom. The summed E-state index contributed by atoms with van der Waals surface area (Å²) in [7, 11) is 0. The fraction of sp³-hybridized carbons (Fsp3) is 0.917. The number of hydrogen-bond donors (Lipinski definition) is 0. The van der Waals surface area contributed by atoms with Gasteiger partial charge in [-0.3, -0.25) is 4.90 Å². The van der Waals surface area contributed by atoms with E-state index >= 15 is 0 Å². The van der Waals surface area contributed by atoms with E-state index in [4.69, 9.17) is 5.26 Å². The standard InChI is InChI=1S/C12H20N2/c13-9-8-12(6-2-1-3-7-12)14-10-4-5-11-14/h1-8,10-11H2. The molecule has 0 aromatic heterocycles. The molecule has 2 heteroatoms. The van der Waals surface area contributed by atoms with Crippen LogP contribution < -0.4 is 0 Å². The van der Waals surface area contributed by atoms with Crippen molar-refractivity contribution in [2.75, 3.05) is 13.1 Å². The number of nitrogens with zero attached hydrogens (tertiary/aromatic N) is 2. The van der Waals surface area contributed by atoms with Crippen LogP contribution in [0, 0.1) is 11.3 Å². The van der Waals surface area contributed by atoms with Gasteiger partial charge in [0.1, 0.15) is 0 Å². The highest BCUT2D eigenvalue weighted by Crippen LogP contribution is 2.38. The number of rotatable bonds is 2. The van der Waals surface area contributed by atoms with Crippen molar-refractivity contribution in [3.8, 4) is 6.07 Å². The minimum atomic E-state index is 0.281. The summed E-state index contributed by atoms with van der Waals surface area (Å²) in [6.45, 7) is 2.48. The molecule has 0 N–H and O–H groups in total. The molecule has 0 amide bonds. The van der Waals surface area contributed by atoms with Gasteiger partial charge in [0, 0.05) is 5.54 Å². The van der Waals surface area contributed by atoms with Gasteiger partial charge in [0.2, 0.25) is 0 Å². The molecule has 1 saturated heterocycles. The zero-order valence-corrected chi connectivity index (χ0v) is 8.97. The van der Waals surface area contributed by atoms with E-state index in [1.807, 2.05) is 0 Å². The second-order valence-corrected chi connectivity index (χ2v) is 4.81. The molecule has 0 atom stereocenters. The first-order chi connectivity index (χ1) is 6.87. The van der Waals surface area contributed by atoms with Crippen LogP contribution in [0.25, 0.3) is 0 Å². The van der Waals surface area contributed by atoms with E-state index in [1.54, 1.807) is 0 Å². The van der Waals surface area contributed by atoms with Crippen LogP contribution in [-0.2, 0) is 0 Å². The smallest absolute Gasteiger partial charge is 0.0641 e. The maximum atomic E-state index is 8.97. The van der Waals surface area contributed by atoms with Crippen LogP contribution in [0.2, 0.25) is 0 Å². The molecule has 0 aromatic rings. The molecule has 2 nitrogen and oxygen atoms in total. The first-order valence-electron chi connectivity index (χ1n) is 5.99. The Labute approximate surface area is 86.9 Å². The van der Waals surface area contributed by atoms with Crippen LogP contribution >= 0.6 is 0 Å². The van der Waals surface area contributed by atoms with Crippen LogP contribution in [0.5, 0.6) is 0 Å². The molecule has 1 saturated carbocycles. The normalized spacial score (nSPS) is 27.4. The fourth-order valence-corrected chi connectivity index (χ4v) is 3.15. The van der Waals surface area contributed by atoms with Gasteiger partial charge in [0.25, 0.3) is 0 Å². The Balaban J connectivity index is 2.07. The van der Waals surface area contributed by atoms with E-state index in [0.717, 1.165) is 6.42 Å². The Morgan fingerprint density at radius 1 is 1.00 bits per heavy atom. The zero-order chi connectivity index (χ0) is 9.86. The third-order valence-electron chi connectivity index (χ3n) is 3.97. The van der Waals surface area contributed by atoms with Gasteiger partial charge in [-0.1, -0.05) is 19.3 Å². The summed E-state index contributed by atoms with van der Waals surface area (Å²) in [6, 6.07) is 2.41. The Hall–Kier alpha value is -0.550. The lowest BCUT2D eigenvalue weighted by atomic mass is 9.78. The highest BCUT2D eigenvalue weighted by Gasteiger charge is 2.38. The largest absolute Gasteiger partial charge is 0.297 e. The van der Waals surface area contributed by atoms with E-state index in [2.05, 4.69) is 11.0 Å². The van der Waals surface area contributed by atoms with Gasteiger partial charge in [-0.25, -0.2) is 0 Å². The summed E-state index contributed by atoms with van der Waals surface area (Å²) in [6.07, 6.45) is 10.0. The van der Waals surface area contributed by atoms with E-state index in [1.165, 1.54) is 58.0 Å². The molecular weight excluding hydrogens is 172 g/mol. The summed E-state index contributed by atoms with van der Waals surface area (Å²) in [4.78, 5) is 2.61. The molecule has 1 aliphatic carbocycles. The van der Waals surface area contributed by atoms with Gasteiger partial charge in [-0.2, -0.15) is 5.26 Å². The van der Waals surface area contributed by atoms with Crippen molar-refractivity contribution < 1.29 is 0 Å². The molecule has 1 heterocycles. The Bertz CT molecular complexity index is 217. The first kappa shape index (κ1) is 9.98. The van der Waals surface area contributed by atoms with Gasteiger partial charge < -0.3 is 0 Å². The quantitative estimate of drug-likeness (QED) is 0.672. The van der Waals surface area contributed by atoms with Crippen LogP contribution in [0.1, 0.15) is 51.4 Å². The molecule has 0 bridgehead atoms. The van der Waals surface area contributed by atoms with Gasteiger partial charge in [0.15, 0.2) is 0 Å². The molecule has 78 valence electrons. The van der Waals surface area contributed by atoms with Crippen LogP contribution in [-0.4, -0.2) is 23.5 Å². The third-order valence-corrected chi connectivity index (χ3v) is 3.97. The Morgan fingerprint density at radius 3 is 2.21 bits per heavy atom. The molecule has 0 aromatic carbocycles. The molecule has 14 heavy (non-hydrogen) atoms. The highest BCUT2D eigenvalue weighted by molar-refractivity contribution is 5.00. The van der Waals surface area contributed by atoms with E-state index in [-0.39, 0.29) is 5.54 Å². The number of likely N-dealkylation sites (tertiary alicyclic amines) is 1. The van der Waals surface area contributed by atoms with Crippen LogP contribution in [0.3, 0.4) is 0 Å². The molecule has 0 unspecified atom stereocenters. The van der Waals surface area contributed by atoms with Gasteiger partial charge >= 0.3 is 0 Å². The second kappa shape index (κ2) is 4.31. The summed E-state index contributed by atoms with van der Waals surface area (Å²) in [5, 5.41) is 8.97. The molecular formula is C12H20N2. The van der Waals surface area contributed by atoms with Crippen LogP contribution in [0.4, 0.5) is 0 Å². The molecule has 2 rings (SSSR count). The molecule has 0 spiro atoms. The van der Waals surface area contributed by atoms with Crippen molar-refractivity contribution in [3.63, 3.8) is 0 Å². The third kappa shape index (κ3) is 1.79. The maximum Gasteiger partial charge on any atom is 0.0641 e. The van der Waals surface area contributed by atoms with Crippen molar-refractivity contribution in [2.24, 2.45) is 0 Å². The fourth-order valence-electron chi connectivity index (χ4n) is 3.15. The van der Waals surface area contributed by atoms with Crippen molar-refractivity contribution in [2.45, 2.75) is 56.9 Å².